The van der Waals surface area contributed by atoms with Crippen LogP contribution in [0.15, 0.2) is 30.3 Å². The summed E-state index contributed by atoms with van der Waals surface area (Å²) in [6, 6.07) is 10.3. The summed E-state index contributed by atoms with van der Waals surface area (Å²) in [6.07, 6.45) is 7.49. The number of para-hydroxylation sites is 1. The fraction of sp³-hybridized carbons (Fsp3) is 0.647. The Hall–Kier alpha value is -1.06. The molecule has 0 radical (unpaired) electrons. The van der Waals surface area contributed by atoms with Crippen LogP contribution >= 0.6 is 0 Å². The SMILES string of the molecule is CN(CC(O)COc1ccccc1)C1CCCCCC1. The lowest BCUT2D eigenvalue weighted by atomic mass is 10.1. The highest BCUT2D eigenvalue weighted by Crippen LogP contribution is 2.21. The molecule has 2 rings (SSSR count). The molecule has 1 aromatic carbocycles. The second kappa shape index (κ2) is 8.28. The maximum absolute atomic E-state index is 10.1. The van der Waals surface area contributed by atoms with Crippen LogP contribution < -0.4 is 4.74 Å². The molecule has 1 unspecified atom stereocenters. The monoisotopic (exact) mass is 277 g/mol. The van der Waals surface area contributed by atoms with E-state index in [0.717, 1.165) is 5.75 Å². The number of benzene rings is 1. The van der Waals surface area contributed by atoms with Gasteiger partial charge in [0, 0.05) is 12.6 Å². The fourth-order valence-corrected chi connectivity index (χ4v) is 2.94. The van der Waals surface area contributed by atoms with Crippen molar-refractivity contribution in [1.29, 1.82) is 0 Å². The Bertz CT molecular complexity index is 361. The number of hydrogen-bond donors (Lipinski definition) is 1. The molecule has 0 spiro atoms. The molecule has 1 fully saturated rings. The molecule has 1 atom stereocenters. The number of hydrogen-bond acceptors (Lipinski definition) is 3. The molecule has 3 heteroatoms. The lowest BCUT2D eigenvalue weighted by Crippen LogP contribution is -2.39. The van der Waals surface area contributed by atoms with Crippen LogP contribution in [0.25, 0.3) is 0 Å². The molecular formula is C17H27NO2. The Balaban J connectivity index is 1.71. The molecule has 1 N–H and O–H groups in total. The number of aliphatic hydroxyl groups excluding tert-OH is 1. The highest BCUT2D eigenvalue weighted by Gasteiger charge is 2.19. The lowest BCUT2D eigenvalue weighted by Gasteiger charge is -2.29. The van der Waals surface area contributed by atoms with Gasteiger partial charge in [-0.25, -0.2) is 0 Å². The van der Waals surface area contributed by atoms with Gasteiger partial charge in [0.05, 0.1) is 0 Å². The fourth-order valence-electron chi connectivity index (χ4n) is 2.94. The summed E-state index contributed by atoms with van der Waals surface area (Å²) in [7, 11) is 2.13. The number of ether oxygens (including phenoxy) is 1. The highest BCUT2D eigenvalue weighted by molar-refractivity contribution is 5.20. The summed E-state index contributed by atoms with van der Waals surface area (Å²) in [6.45, 7) is 1.05. The highest BCUT2D eigenvalue weighted by atomic mass is 16.5. The third-order valence-electron chi connectivity index (χ3n) is 4.13. The van der Waals surface area contributed by atoms with Crippen molar-refractivity contribution in [2.45, 2.75) is 50.7 Å². The molecule has 1 aliphatic rings. The van der Waals surface area contributed by atoms with Crippen molar-refractivity contribution in [3.8, 4) is 5.75 Å². The molecule has 1 saturated carbocycles. The molecule has 0 amide bonds. The number of rotatable bonds is 6. The summed E-state index contributed by atoms with van der Waals surface area (Å²) in [5.41, 5.74) is 0. The van der Waals surface area contributed by atoms with Crippen LogP contribution in [0.1, 0.15) is 38.5 Å². The van der Waals surface area contributed by atoms with Gasteiger partial charge < -0.3 is 14.7 Å². The summed E-state index contributed by atoms with van der Waals surface area (Å²) in [4.78, 5) is 2.31. The maximum atomic E-state index is 10.1. The minimum Gasteiger partial charge on any atom is -0.491 e. The van der Waals surface area contributed by atoms with E-state index >= 15 is 0 Å². The van der Waals surface area contributed by atoms with Gasteiger partial charge in [-0.3, -0.25) is 0 Å². The van der Waals surface area contributed by atoms with Crippen LogP contribution in [0, 0.1) is 0 Å². The normalized spacial score (nSPS) is 18.8. The van der Waals surface area contributed by atoms with Crippen LogP contribution in [0.2, 0.25) is 0 Å². The van der Waals surface area contributed by atoms with Gasteiger partial charge in [-0.15, -0.1) is 0 Å². The minimum atomic E-state index is -0.427. The zero-order chi connectivity index (χ0) is 14.2. The quantitative estimate of drug-likeness (QED) is 0.811. The van der Waals surface area contributed by atoms with Crippen LogP contribution in [0.4, 0.5) is 0 Å². The van der Waals surface area contributed by atoms with Gasteiger partial charge in [0.1, 0.15) is 18.5 Å². The van der Waals surface area contributed by atoms with E-state index in [1.807, 2.05) is 30.3 Å². The maximum Gasteiger partial charge on any atom is 0.119 e. The van der Waals surface area contributed by atoms with E-state index in [1.165, 1.54) is 38.5 Å². The topological polar surface area (TPSA) is 32.7 Å². The Morgan fingerprint density at radius 3 is 2.45 bits per heavy atom. The van der Waals surface area contributed by atoms with E-state index < -0.39 is 6.10 Å². The first-order valence-corrected chi connectivity index (χ1v) is 7.82. The second-order valence-electron chi connectivity index (χ2n) is 5.86. The standard InChI is InChI=1S/C17H27NO2/c1-18(15-9-5-2-3-6-10-15)13-16(19)14-20-17-11-7-4-8-12-17/h4,7-8,11-12,15-16,19H,2-3,5-6,9-10,13-14H2,1H3. The average Bonchev–Trinajstić information content (AvgIpc) is 2.75. The lowest BCUT2D eigenvalue weighted by molar-refractivity contribution is 0.0603. The largest absolute Gasteiger partial charge is 0.491 e. The van der Waals surface area contributed by atoms with E-state index in [9.17, 15) is 5.11 Å². The first-order valence-electron chi connectivity index (χ1n) is 7.82. The Morgan fingerprint density at radius 1 is 1.15 bits per heavy atom. The van der Waals surface area contributed by atoms with Crippen molar-refractivity contribution in [2.24, 2.45) is 0 Å². The van der Waals surface area contributed by atoms with Crippen molar-refractivity contribution < 1.29 is 9.84 Å². The van der Waals surface area contributed by atoms with E-state index in [2.05, 4.69) is 11.9 Å². The molecule has 0 aromatic heterocycles. The van der Waals surface area contributed by atoms with Crippen molar-refractivity contribution >= 4 is 0 Å². The van der Waals surface area contributed by atoms with E-state index in [0.29, 0.717) is 19.2 Å². The van der Waals surface area contributed by atoms with Gasteiger partial charge in [0.15, 0.2) is 0 Å². The van der Waals surface area contributed by atoms with Crippen molar-refractivity contribution in [3.63, 3.8) is 0 Å². The molecule has 20 heavy (non-hydrogen) atoms. The zero-order valence-corrected chi connectivity index (χ0v) is 12.5. The van der Waals surface area contributed by atoms with E-state index in [1.54, 1.807) is 0 Å². The van der Waals surface area contributed by atoms with Crippen molar-refractivity contribution in [3.05, 3.63) is 30.3 Å². The Morgan fingerprint density at radius 2 is 1.80 bits per heavy atom. The van der Waals surface area contributed by atoms with Crippen LogP contribution in [0.5, 0.6) is 5.75 Å². The van der Waals surface area contributed by atoms with Crippen molar-refractivity contribution in [2.75, 3.05) is 20.2 Å². The second-order valence-corrected chi connectivity index (χ2v) is 5.86. The molecule has 0 heterocycles. The van der Waals surface area contributed by atoms with E-state index in [-0.39, 0.29) is 0 Å². The average molecular weight is 277 g/mol. The third kappa shape index (κ3) is 5.14. The first kappa shape index (κ1) is 15.3. The Kier molecular flexibility index (Phi) is 6.34. The molecule has 3 nitrogen and oxygen atoms in total. The molecule has 1 aliphatic carbocycles. The Labute approximate surface area is 122 Å². The van der Waals surface area contributed by atoms with Gasteiger partial charge in [0.25, 0.3) is 0 Å². The van der Waals surface area contributed by atoms with Gasteiger partial charge in [-0.2, -0.15) is 0 Å². The predicted octanol–water partition coefficient (Wildman–Crippen LogP) is 3.08. The van der Waals surface area contributed by atoms with Gasteiger partial charge in [-0.1, -0.05) is 43.9 Å². The summed E-state index contributed by atoms with van der Waals surface area (Å²) >= 11 is 0. The summed E-state index contributed by atoms with van der Waals surface area (Å²) in [5, 5.41) is 10.1. The molecule has 112 valence electrons. The molecule has 0 saturated heterocycles. The summed E-state index contributed by atoms with van der Waals surface area (Å²) < 4.78 is 5.60. The van der Waals surface area contributed by atoms with Crippen molar-refractivity contribution in [1.82, 2.24) is 4.90 Å². The molecule has 1 aromatic rings. The van der Waals surface area contributed by atoms with E-state index in [4.69, 9.17) is 4.74 Å². The van der Waals surface area contributed by atoms with Crippen LogP contribution in [-0.2, 0) is 0 Å². The van der Waals surface area contributed by atoms with Crippen LogP contribution in [0.3, 0.4) is 0 Å². The van der Waals surface area contributed by atoms with Crippen LogP contribution in [-0.4, -0.2) is 42.4 Å². The van der Waals surface area contributed by atoms with Gasteiger partial charge >= 0.3 is 0 Å². The number of aliphatic hydroxyl groups is 1. The van der Waals surface area contributed by atoms with Gasteiger partial charge in [-0.05, 0) is 32.0 Å². The number of nitrogens with zero attached hydrogens (tertiary/aromatic N) is 1. The first-order chi connectivity index (χ1) is 9.75. The zero-order valence-electron chi connectivity index (χ0n) is 12.5. The minimum absolute atomic E-state index is 0.362. The van der Waals surface area contributed by atoms with Gasteiger partial charge in [0.2, 0.25) is 0 Å². The predicted molar refractivity (Wildman–Crippen MR) is 82.1 cm³/mol. The number of likely N-dealkylation sites (N-methyl/N-ethyl adjacent to an activating group) is 1. The molecular weight excluding hydrogens is 250 g/mol. The summed E-state index contributed by atoms with van der Waals surface area (Å²) in [5.74, 6) is 0.823. The third-order valence-corrected chi connectivity index (χ3v) is 4.13. The molecule has 0 aliphatic heterocycles. The smallest absolute Gasteiger partial charge is 0.119 e. The molecule has 0 bridgehead atoms.